The molecule has 1 aromatic carbocycles. The van der Waals surface area contributed by atoms with E-state index in [1.165, 1.54) is 17.7 Å². The van der Waals surface area contributed by atoms with Crippen LogP contribution >= 0.6 is 23.1 Å². The standard InChI is InChI=1S/C15H15F2NS2/c16-15(17)20-12-5-2-1-4-11(12)18-14(10-7-8-10)13-6-3-9-19-13/h1-6,9-10,14-15,18H,7-8H2. The number of halogens is 2. The zero-order valence-electron chi connectivity index (χ0n) is 10.8. The van der Waals surface area contributed by atoms with Crippen molar-refractivity contribution in [3.63, 3.8) is 0 Å². The molecule has 0 saturated heterocycles. The Morgan fingerprint density at radius 1 is 1.15 bits per heavy atom. The van der Waals surface area contributed by atoms with Crippen molar-refractivity contribution < 1.29 is 8.78 Å². The van der Waals surface area contributed by atoms with E-state index in [0.29, 0.717) is 22.6 Å². The van der Waals surface area contributed by atoms with E-state index in [9.17, 15) is 8.78 Å². The number of thioether (sulfide) groups is 1. The Morgan fingerprint density at radius 2 is 1.95 bits per heavy atom. The van der Waals surface area contributed by atoms with Crippen molar-refractivity contribution in [3.8, 4) is 0 Å². The SMILES string of the molecule is FC(F)Sc1ccccc1NC(c1cccs1)C1CC1. The van der Waals surface area contributed by atoms with E-state index >= 15 is 0 Å². The fourth-order valence-corrected chi connectivity index (χ4v) is 3.74. The Kier molecular flexibility index (Phi) is 4.27. The molecule has 1 N–H and O–H groups in total. The highest BCUT2D eigenvalue weighted by atomic mass is 32.2. The highest BCUT2D eigenvalue weighted by Crippen LogP contribution is 2.45. The van der Waals surface area contributed by atoms with Crippen LogP contribution in [0.5, 0.6) is 0 Å². The van der Waals surface area contributed by atoms with Crippen LogP contribution in [0.1, 0.15) is 23.8 Å². The van der Waals surface area contributed by atoms with E-state index < -0.39 is 5.76 Å². The molecule has 3 rings (SSSR count). The maximum absolute atomic E-state index is 12.6. The maximum Gasteiger partial charge on any atom is 0.288 e. The van der Waals surface area contributed by atoms with Crippen molar-refractivity contribution in [3.05, 3.63) is 46.7 Å². The Morgan fingerprint density at radius 3 is 2.60 bits per heavy atom. The summed E-state index contributed by atoms with van der Waals surface area (Å²) in [6.07, 6.45) is 2.42. The first kappa shape index (κ1) is 13.9. The van der Waals surface area contributed by atoms with Gasteiger partial charge in [-0.05, 0) is 42.3 Å². The molecule has 0 aliphatic heterocycles. The summed E-state index contributed by atoms with van der Waals surface area (Å²) in [7, 11) is 0. The first-order valence-corrected chi connectivity index (χ1v) is 8.34. The molecular weight excluding hydrogens is 296 g/mol. The van der Waals surface area contributed by atoms with E-state index in [4.69, 9.17) is 0 Å². The van der Waals surface area contributed by atoms with E-state index in [2.05, 4.69) is 16.8 Å². The predicted molar refractivity (Wildman–Crippen MR) is 81.7 cm³/mol. The lowest BCUT2D eigenvalue weighted by molar-refractivity contribution is 0.252. The smallest absolute Gasteiger partial charge is 0.288 e. The maximum atomic E-state index is 12.6. The van der Waals surface area contributed by atoms with E-state index in [0.717, 1.165) is 5.69 Å². The third-order valence-corrected chi connectivity index (χ3v) is 5.10. The number of hydrogen-bond acceptors (Lipinski definition) is 3. The third-order valence-electron chi connectivity index (χ3n) is 3.36. The molecule has 0 amide bonds. The second-order valence-electron chi connectivity index (χ2n) is 4.85. The second-order valence-corrected chi connectivity index (χ2v) is 6.86. The fourth-order valence-electron chi connectivity index (χ4n) is 2.27. The lowest BCUT2D eigenvalue weighted by Gasteiger charge is -2.20. The normalized spacial score (nSPS) is 16.4. The van der Waals surface area contributed by atoms with Crippen molar-refractivity contribution in [2.45, 2.75) is 29.5 Å². The van der Waals surface area contributed by atoms with Crippen molar-refractivity contribution in [1.29, 1.82) is 0 Å². The number of nitrogens with one attached hydrogen (secondary N) is 1. The van der Waals surface area contributed by atoms with Gasteiger partial charge in [0.2, 0.25) is 0 Å². The Balaban J connectivity index is 1.82. The van der Waals surface area contributed by atoms with Gasteiger partial charge in [0, 0.05) is 15.5 Å². The number of para-hydroxylation sites is 1. The van der Waals surface area contributed by atoms with Gasteiger partial charge >= 0.3 is 0 Å². The monoisotopic (exact) mass is 311 g/mol. The van der Waals surface area contributed by atoms with Gasteiger partial charge in [0.15, 0.2) is 0 Å². The summed E-state index contributed by atoms with van der Waals surface area (Å²) in [6.45, 7) is 0. The van der Waals surface area contributed by atoms with Gasteiger partial charge in [0.25, 0.3) is 5.76 Å². The summed E-state index contributed by atoms with van der Waals surface area (Å²) in [5.74, 6) is -1.77. The molecule has 0 radical (unpaired) electrons. The summed E-state index contributed by atoms with van der Waals surface area (Å²) < 4.78 is 25.2. The zero-order chi connectivity index (χ0) is 13.9. The molecule has 0 spiro atoms. The molecule has 5 heteroatoms. The molecule has 1 fully saturated rings. The largest absolute Gasteiger partial charge is 0.376 e. The molecule has 1 aliphatic carbocycles. The second kappa shape index (κ2) is 6.14. The molecule has 1 nitrogen and oxygen atoms in total. The lowest BCUT2D eigenvalue weighted by Crippen LogP contribution is -2.12. The molecule has 0 bridgehead atoms. The lowest BCUT2D eigenvalue weighted by atomic mass is 10.1. The number of benzene rings is 1. The van der Waals surface area contributed by atoms with Crippen LogP contribution in [-0.2, 0) is 0 Å². The van der Waals surface area contributed by atoms with Crippen LogP contribution in [0.4, 0.5) is 14.5 Å². The Hall–Kier alpha value is -1.07. The average Bonchev–Trinajstić information content (AvgIpc) is 3.11. The fraction of sp³-hybridized carbons (Fsp3) is 0.333. The quantitative estimate of drug-likeness (QED) is 0.694. The van der Waals surface area contributed by atoms with Crippen LogP contribution in [0.15, 0.2) is 46.7 Å². The minimum atomic E-state index is -2.39. The van der Waals surface area contributed by atoms with Gasteiger partial charge in [0.05, 0.1) is 6.04 Å². The first-order valence-electron chi connectivity index (χ1n) is 6.58. The number of rotatable bonds is 6. The van der Waals surface area contributed by atoms with Crippen LogP contribution in [0.3, 0.4) is 0 Å². The van der Waals surface area contributed by atoms with Crippen molar-refractivity contribution >= 4 is 28.8 Å². The molecule has 1 unspecified atom stereocenters. The summed E-state index contributed by atoms with van der Waals surface area (Å²) in [5.41, 5.74) is 0.808. The molecule has 1 aliphatic rings. The Bertz CT molecular complexity index is 553. The molecule has 1 atom stereocenters. The highest BCUT2D eigenvalue weighted by molar-refractivity contribution is 7.99. The predicted octanol–water partition coefficient (Wildman–Crippen LogP) is 5.63. The first-order chi connectivity index (χ1) is 9.74. The zero-order valence-corrected chi connectivity index (χ0v) is 12.4. The Labute approximate surface area is 125 Å². The van der Waals surface area contributed by atoms with E-state index in [1.54, 1.807) is 23.5 Å². The van der Waals surface area contributed by atoms with Gasteiger partial charge in [-0.25, -0.2) is 0 Å². The summed E-state index contributed by atoms with van der Waals surface area (Å²) in [5, 5.41) is 5.54. The summed E-state index contributed by atoms with van der Waals surface area (Å²) in [6, 6.07) is 11.7. The topological polar surface area (TPSA) is 12.0 Å². The van der Waals surface area contributed by atoms with Crippen molar-refractivity contribution in [2.75, 3.05) is 5.32 Å². The summed E-state index contributed by atoms with van der Waals surface area (Å²) >= 11 is 2.32. The molecule has 106 valence electrons. The van der Waals surface area contributed by atoms with Gasteiger partial charge in [-0.1, -0.05) is 30.0 Å². The van der Waals surface area contributed by atoms with Gasteiger partial charge < -0.3 is 5.32 Å². The van der Waals surface area contributed by atoms with Gasteiger partial charge in [-0.15, -0.1) is 11.3 Å². The minimum Gasteiger partial charge on any atom is -0.376 e. The van der Waals surface area contributed by atoms with E-state index in [1.807, 2.05) is 18.2 Å². The molecule has 2 aromatic rings. The molecule has 20 heavy (non-hydrogen) atoms. The molecule has 1 aromatic heterocycles. The molecule has 1 saturated carbocycles. The number of anilines is 1. The number of thiophene rings is 1. The van der Waals surface area contributed by atoms with Crippen molar-refractivity contribution in [2.24, 2.45) is 5.92 Å². The van der Waals surface area contributed by atoms with Crippen LogP contribution in [0, 0.1) is 5.92 Å². The molecule has 1 heterocycles. The highest BCUT2D eigenvalue weighted by Gasteiger charge is 2.33. The van der Waals surface area contributed by atoms with Gasteiger partial charge in [0.1, 0.15) is 0 Å². The molecular formula is C15H15F2NS2. The third kappa shape index (κ3) is 3.33. The van der Waals surface area contributed by atoms with Crippen molar-refractivity contribution in [1.82, 2.24) is 0 Å². The van der Waals surface area contributed by atoms with Crippen LogP contribution in [0.25, 0.3) is 0 Å². The van der Waals surface area contributed by atoms with Crippen LogP contribution < -0.4 is 5.32 Å². The average molecular weight is 311 g/mol. The van der Waals surface area contributed by atoms with Gasteiger partial charge in [-0.3, -0.25) is 0 Å². The minimum absolute atomic E-state index is 0.245. The number of alkyl halides is 2. The van der Waals surface area contributed by atoms with E-state index in [-0.39, 0.29) is 6.04 Å². The van der Waals surface area contributed by atoms with Crippen LogP contribution in [0.2, 0.25) is 0 Å². The van der Waals surface area contributed by atoms with Crippen LogP contribution in [-0.4, -0.2) is 5.76 Å². The van der Waals surface area contributed by atoms with Gasteiger partial charge in [-0.2, -0.15) is 8.78 Å². The number of hydrogen-bond donors (Lipinski definition) is 1. The summed E-state index contributed by atoms with van der Waals surface area (Å²) in [4.78, 5) is 1.90.